The molecule has 0 spiro atoms. The number of rotatable bonds is 4. The van der Waals surface area contributed by atoms with Crippen LogP contribution in [0.1, 0.15) is 37.9 Å². The first-order valence-corrected chi connectivity index (χ1v) is 14.7. The van der Waals surface area contributed by atoms with Crippen molar-refractivity contribution in [2.75, 3.05) is 23.3 Å². The number of fused-ring (bicyclic) bond motifs is 2. The third-order valence-electron chi connectivity index (χ3n) is 8.41. The quantitative estimate of drug-likeness (QED) is 0.277. The Balaban J connectivity index is 1.79. The molecule has 3 N–H and O–H groups in total. The zero-order valence-electron chi connectivity index (χ0n) is 24.9. The lowest BCUT2D eigenvalue weighted by Crippen LogP contribution is -2.62. The van der Waals surface area contributed by atoms with E-state index in [2.05, 4.69) is 21.9 Å². The van der Waals surface area contributed by atoms with Crippen LogP contribution in [-0.4, -0.2) is 66.6 Å². The molecule has 13 heteroatoms. The van der Waals surface area contributed by atoms with Crippen molar-refractivity contribution >= 4 is 45.8 Å². The van der Waals surface area contributed by atoms with Gasteiger partial charge in [0.15, 0.2) is 5.82 Å². The van der Waals surface area contributed by atoms with Crippen LogP contribution < -0.4 is 15.9 Å². The molecule has 0 bridgehead atoms. The van der Waals surface area contributed by atoms with Gasteiger partial charge in [0.05, 0.1) is 39.6 Å². The molecule has 11 nitrogen and oxygen atoms in total. The number of aromatic nitrogens is 3. The molecule has 2 unspecified atom stereocenters. The van der Waals surface area contributed by atoms with E-state index >= 15 is 4.39 Å². The number of anilines is 2. The summed E-state index contributed by atoms with van der Waals surface area (Å²) in [4.78, 5) is 52.7. The molecule has 6 rings (SSSR count). The molecule has 1 saturated heterocycles. The number of piperazine rings is 1. The highest BCUT2D eigenvalue weighted by Crippen LogP contribution is 2.51. The van der Waals surface area contributed by atoms with Crippen molar-refractivity contribution < 1.29 is 24.2 Å². The zero-order chi connectivity index (χ0) is 32.5. The van der Waals surface area contributed by atoms with Gasteiger partial charge in [0.1, 0.15) is 28.9 Å². The molecule has 0 saturated carbocycles. The number of aryl methyl sites for hydroxylation is 1. The number of carbonyl (C=O) groups is 2. The van der Waals surface area contributed by atoms with Crippen molar-refractivity contribution in [3.05, 3.63) is 75.7 Å². The number of amides is 2. The fourth-order valence-electron chi connectivity index (χ4n) is 6.28. The normalized spacial score (nSPS) is 17.7. The van der Waals surface area contributed by atoms with Crippen LogP contribution in [0.3, 0.4) is 0 Å². The van der Waals surface area contributed by atoms with Gasteiger partial charge in [-0.15, -0.1) is 0 Å². The van der Waals surface area contributed by atoms with Crippen LogP contribution in [0.25, 0.3) is 27.7 Å². The highest BCUT2D eigenvalue weighted by Gasteiger charge is 2.43. The third kappa shape index (κ3) is 4.50. The zero-order valence-corrected chi connectivity index (χ0v) is 25.7. The predicted molar refractivity (Wildman–Crippen MR) is 169 cm³/mol. The minimum absolute atomic E-state index is 0.00338. The van der Waals surface area contributed by atoms with Crippen LogP contribution in [0, 0.1) is 12.7 Å². The smallest absolute Gasteiger partial charge is 0.354 e. The Morgan fingerprint density at radius 2 is 1.87 bits per heavy atom. The van der Waals surface area contributed by atoms with Gasteiger partial charge in [-0.2, -0.15) is 4.98 Å². The Hall–Kier alpha value is -4.97. The molecular weight excluding hydrogens is 603 g/mol. The molecule has 2 atom stereocenters. The first-order chi connectivity index (χ1) is 21.4. The van der Waals surface area contributed by atoms with E-state index in [4.69, 9.17) is 11.6 Å². The summed E-state index contributed by atoms with van der Waals surface area (Å²) in [7, 11) is 0. The number of carbonyl (C=O) groups excluding carboxylic acids is 2. The van der Waals surface area contributed by atoms with Crippen LogP contribution >= 0.6 is 11.6 Å². The summed E-state index contributed by atoms with van der Waals surface area (Å²) >= 11 is 6.89. The first-order valence-electron chi connectivity index (χ1n) is 14.3. The number of hydrogen-bond acceptors (Lipinski definition) is 8. The number of halogens is 2. The van der Waals surface area contributed by atoms with Crippen LogP contribution in [0.4, 0.5) is 15.9 Å². The molecule has 4 heterocycles. The Kier molecular flexibility index (Phi) is 7.27. The lowest BCUT2D eigenvalue weighted by Gasteiger charge is -2.44. The molecule has 4 aromatic rings. The van der Waals surface area contributed by atoms with Crippen molar-refractivity contribution in [3.63, 3.8) is 0 Å². The van der Waals surface area contributed by atoms with E-state index < -0.39 is 46.6 Å². The number of nitrogens with one attached hydrogen (secondary N) is 1. The Bertz CT molecular complexity index is 1990. The molecule has 2 aromatic heterocycles. The van der Waals surface area contributed by atoms with Gasteiger partial charge in [0.25, 0.3) is 0 Å². The molecular formula is C32H30ClFN6O5. The summed E-state index contributed by atoms with van der Waals surface area (Å²) in [6.45, 7) is 10.9. The number of nitrogens with zero attached hydrogens (tertiary/aromatic N) is 5. The lowest BCUT2D eigenvalue weighted by molar-refractivity contribution is -0.130. The van der Waals surface area contributed by atoms with Gasteiger partial charge < -0.3 is 25.3 Å². The number of hydrogen-bond donors (Lipinski definition) is 3. The van der Waals surface area contributed by atoms with Crippen molar-refractivity contribution in [2.45, 2.75) is 45.7 Å². The van der Waals surface area contributed by atoms with Gasteiger partial charge in [-0.05, 0) is 49.6 Å². The maximum atomic E-state index is 17.3. The average molecular weight is 633 g/mol. The van der Waals surface area contributed by atoms with Crippen molar-refractivity contribution in [2.24, 2.45) is 0 Å². The topological polar surface area (TPSA) is 141 Å². The van der Waals surface area contributed by atoms with E-state index in [0.29, 0.717) is 16.9 Å². The van der Waals surface area contributed by atoms with Crippen LogP contribution in [0.5, 0.6) is 11.5 Å². The number of pyridine rings is 1. The van der Waals surface area contributed by atoms with Gasteiger partial charge in [-0.3, -0.25) is 19.1 Å². The van der Waals surface area contributed by atoms with E-state index in [0.717, 1.165) is 10.6 Å². The van der Waals surface area contributed by atoms with Crippen LogP contribution in [0.2, 0.25) is 5.02 Å². The molecule has 2 aliphatic heterocycles. The van der Waals surface area contributed by atoms with Crippen molar-refractivity contribution in [1.29, 1.82) is 0 Å². The number of aromatic hydroxyl groups is 2. The van der Waals surface area contributed by atoms with E-state index in [1.54, 1.807) is 31.0 Å². The molecule has 2 amide bonds. The molecule has 0 aliphatic carbocycles. The Morgan fingerprint density at radius 3 is 2.51 bits per heavy atom. The van der Waals surface area contributed by atoms with Crippen molar-refractivity contribution in [3.8, 4) is 28.3 Å². The third-order valence-corrected chi connectivity index (χ3v) is 8.79. The predicted octanol–water partition coefficient (Wildman–Crippen LogP) is 4.63. The second kappa shape index (κ2) is 10.9. The highest BCUT2D eigenvalue weighted by atomic mass is 35.5. The fraction of sp³-hybridized carbons (Fsp3) is 0.281. The molecule has 2 aromatic carbocycles. The first kappa shape index (κ1) is 30.1. The van der Waals surface area contributed by atoms with Crippen LogP contribution in [0.15, 0.2) is 47.9 Å². The molecule has 45 heavy (non-hydrogen) atoms. The minimum atomic E-state index is -1.03. The summed E-state index contributed by atoms with van der Waals surface area (Å²) in [6, 6.07) is 4.13. The van der Waals surface area contributed by atoms with Gasteiger partial charge in [-0.1, -0.05) is 38.1 Å². The van der Waals surface area contributed by atoms with E-state index in [1.165, 1.54) is 23.1 Å². The number of phenols is 2. The summed E-state index contributed by atoms with van der Waals surface area (Å²) < 4.78 is 18.4. The largest absolute Gasteiger partial charge is 0.507 e. The summed E-state index contributed by atoms with van der Waals surface area (Å²) in [6.07, 6.45) is 2.75. The standard InChI is InChI=1S/C32H30ClFN6O5/c1-6-20(43)38-13-17-31(44)36-27-23-29(25(34)22(24(27)33)21-18(41)8-7-9-19(21)42)40(28-15(4)10-11-35-26(28)14(2)3)32(45)37-30(23)39(17)12-16(38)5/h6-11,14,16-17,41-42H,1,12-13H2,2-5H3,(H,36,44). The second-order valence-electron chi connectivity index (χ2n) is 11.5. The summed E-state index contributed by atoms with van der Waals surface area (Å²) in [5.41, 5.74) is -0.533. The maximum Gasteiger partial charge on any atom is 0.354 e. The summed E-state index contributed by atoms with van der Waals surface area (Å²) in [5.74, 6) is -3.12. The molecule has 232 valence electrons. The molecule has 2 aliphatic rings. The maximum absolute atomic E-state index is 17.3. The number of benzene rings is 2. The molecule has 1 fully saturated rings. The van der Waals surface area contributed by atoms with Gasteiger partial charge in [0, 0.05) is 24.3 Å². The highest BCUT2D eigenvalue weighted by molar-refractivity contribution is 6.39. The monoisotopic (exact) mass is 632 g/mol. The summed E-state index contributed by atoms with van der Waals surface area (Å²) in [5, 5.41) is 24.1. The van der Waals surface area contributed by atoms with Gasteiger partial charge >= 0.3 is 5.69 Å². The second-order valence-corrected chi connectivity index (χ2v) is 11.9. The molecule has 0 radical (unpaired) electrons. The fourth-order valence-corrected chi connectivity index (χ4v) is 6.60. The van der Waals surface area contributed by atoms with E-state index in [-0.39, 0.29) is 57.9 Å². The Labute approximate surface area is 262 Å². The van der Waals surface area contributed by atoms with Gasteiger partial charge in [-0.25, -0.2) is 9.18 Å². The van der Waals surface area contributed by atoms with E-state index in [9.17, 15) is 24.6 Å². The van der Waals surface area contributed by atoms with Gasteiger partial charge in [0.2, 0.25) is 11.8 Å². The lowest BCUT2D eigenvalue weighted by atomic mass is 9.98. The number of phenolic OH excluding ortho intramolecular Hbond substituents is 2. The average Bonchev–Trinajstić information content (AvgIpc) is 3.10. The van der Waals surface area contributed by atoms with Crippen molar-refractivity contribution in [1.82, 2.24) is 19.4 Å². The Morgan fingerprint density at radius 1 is 1.18 bits per heavy atom. The van der Waals surface area contributed by atoms with Crippen LogP contribution in [-0.2, 0) is 9.59 Å². The SMILES string of the molecule is C=CC(=O)N1CC2C(=O)Nc3c(Cl)c(-c4c(O)cccc4O)c(F)c4c3c(nc(=O)n4-c3c(C)ccnc3C(C)C)N2CC1C. The minimum Gasteiger partial charge on any atom is -0.507 e. The van der Waals surface area contributed by atoms with E-state index in [1.807, 2.05) is 13.8 Å².